The number of nitro groups is 1. The Morgan fingerprint density at radius 1 is 1.26 bits per heavy atom. The lowest BCUT2D eigenvalue weighted by molar-refractivity contribution is -0.387. The molecule has 0 saturated carbocycles. The van der Waals surface area contributed by atoms with E-state index in [9.17, 15) is 19.3 Å². The Balaban J connectivity index is 1.62. The minimum absolute atomic E-state index is 0.137. The number of nitro benzene ring substituents is 1. The zero-order valence-corrected chi connectivity index (χ0v) is 14.1. The van der Waals surface area contributed by atoms with Gasteiger partial charge in [-0.05, 0) is 23.8 Å². The van der Waals surface area contributed by atoms with Crippen LogP contribution in [0.3, 0.4) is 0 Å². The number of halogens is 1. The molecule has 27 heavy (non-hydrogen) atoms. The van der Waals surface area contributed by atoms with E-state index >= 15 is 0 Å². The molecule has 0 aliphatic heterocycles. The van der Waals surface area contributed by atoms with Crippen LogP contribution in [0.1, 0.15) is 11.1 Å². The lowest BCUT2D eigenvalue weighted by Gasteiger charge is -2.02. The fourth-order valence-corrected chi connectivity index (χ4v) is 2.41. The molecule has 1 amide bonds. The Hall–Kier alpha value is -3.81. The van der Waals surface area contributed by atoms with Crippen LogP contribution in [0.25, 0.3) is 6.08 Å². The highest BCUT2D eigenvalue weighted by atomic mass is 19.1. The third kappa shape index (κ3) is 4.85. The Kier molecular flexibility index (Phi) is 5.36. The SMILES string of the molecule is O=C(/C=C/c1cnn(Cc2ccccc2)c1)Nc1ccc(F)c([N+](=O)[O-])c1. The first-order chi connectivity index (χ1) is 13.0. The Bertz CT molecular complexity index is 999. The van der Waals surface area contributed by atoms with E-state index in [0.717, 1.165) is 23.3 Å². The topological polar surface area (TPSA) is 90.1 Å². The molecule has 1 heterocycles. The number of benzene rings is 2. The van der Waals surface area contributed by atoms with Gasteiger partial charge in [-0.3, -0.25) is 19.6 Å². The number of amides is 1. The molecule has 1 N–H and O–H groups in total. The zero-order chi connectivity index (χ0) is 19.2. The van der Waals surface area contributed by atoms with Crippen molar-refractivity contribution in [1.29, 1.82) is 0 Å². The second kappa shape index (κ2) is 8.05. The number of carbonyl (C=O) groups excluding carboxylic acids is 1. The van der Waals surface area contributed by atoms with Gasteiger partial charge in [-0.15, -0.1) is 0 Å². The van der Waals surface area contributed by atoms with Crippen LogP contribution in [0.5, 0.6) is 0 Å². The molecule has 0 aliphatic carbocycles. The van der Waals surface area contributed by atoms with E-state index in [-0.39, 0.29) is 5.69 Å². The molecule has 0 aliphatic rings. The van der Waals surface area contributed by atoms with Crippen LogP contribution in [0.2, 0.25) is 0 Å². The first-order valence-electron chi connectivity index (χ1n) is 8.00. The molecule has 0 bridgehead atoms. The summed E-state index contributed by atoms with van der Waals surface area (Å²) in [6.07, 6.45) is 6.26. The third-order valence-electron chi connectivity index (χ3n) is 3.68. The molecule has 3 aromatic rings. The van der Waals surface area contributed by atoms with Gasteiger partial charge in [0.1, 0.15) is 0 Å². The van der Waals surface area contributed by atoms with E-state index < -0.39 is 22.3 Å². The predicted molar refractivity (Wildman–Crippen MR) is 98.5 cm³/mol. The molecule has 7 nitrogen and oxygen atoms in total. The summed E-state index contributed by atoms with van der Waals surface area (Å²) in [5.74, 6) is -1.45. The quantitative estimate of drug-likeness (QED) is 0.410. The number of aromatic nitrogens is 2. The van der Waals surface area contributed by atoms with Crippen LogP contribution in [0, 0.1) is 15.9 Å². The second-order valence-electron chi connectivity index (χ2n) is 5.70. The maximum absolute atomic E-state index is 13.3. The Morgan fingerprint density at radius 3 is 2.78 bits per heavy atom. The van der Waals surface area contributed by atoms with Gasteiger partial charge in [0.15, 0.2) is 0 Å². The normalized spacial score (nSPS) is 10.9. The summed E-state index contributed by atoms with van der Waals surface area (Å²) in [5.41, 5.74) is 1.27. The van der Waals surface area contributed by atoms with Gasteiger partial charge in [-0.1, -0.05) is 30.3 Å². The van der Waals surface area contributed by atoms with E-state index in [1.54, 1.807) is 23.2 Å². The predicted octanol–water partition coefficient (Wildman–Crippen LogP) is 3.63. The van der Waals surface area contributed by atoms with Gasteiger partial charge in [0.25, 0.3) is 0 Å². The summed E-state index contributed by atoms with van der Waals surface area (Å²) in [6, 6.07) is 13.0. The van der Waals surface area contributed by atoms with Crippen LogP contribution in [-0.4, -0.2) is 20.6 Å². The van der Waals surface area contributed by atoms with Crippen LogP contribution in [-0.2, 0) is 11.3 Å². The average Bonchev–Trinajstić information content (AvgIpc) is 3.09. The van der Waals surface area contributed by atoms with E-state index in [1.807, 2.05) is 30.3 Å². The fourth-order valence-electron chi connectivity index (χ4n) is 2.41. The van der Waals surface area contributed by atoms with Gasteiger partial charge in [-0.25, -0.2) is 0 Å². The molecule has 0 atom stereocenters. The Morgan fingerprint density at radius 2 is 2.04 bits per heavy atom. The second-order valence-corrected chi connectivity index (χ2v) is 5.70. The van der Waals surface area contributed by atoms with Crippen molar-refractivity contribution in [1.82, 2.24) is 9.78 Å². The number of nitrogens with one attached hydrogen (secondary N) is 1. The average molecular weight is 366 g/mol. The van der Waals surface area contributed by atoms with Gasteiger partial charge in [-0.2, -0.15) is 9.49 Å². The summed E-state index contributed by atoms with van der Waals surface area (Å²) in [6.45, 7) is 0.611. The number of carbonyl (C=O) groups is 1. The molecule has 3 rings (SSSR count). The summed E-state index contributed by atoms with van der Waals surface area (Å²) < 4.78 is 15.1. The highest BCUT2D eigenvalue weighted by Crippen LogP contribution is 2.21. The minimum atomic E-state index is -0.959. The van der Waals surface area contributed by atoms with Crippen LogP contribution in [0.4, 0.5) is 15.8 Å². The molecule has 1 aromatic heterocycles. The van der Waals surface area contributed by atoms with Crippen molar-refractivity contribution in [3.8, 4) is 0 Å². The van der Waals surface area contributed by atoms with E-state index in [4.69, 9.17) is 0 Å². The molecule has 136 valence electrons. The van der Waals surface area contributed by atoms with Gasteiger partial charge in [0.2, 0.25) is 11.7 Å². The molecule has 0 spiro atoms. The molecule has 0 fully saturated rings. The first-order valence-corrected chi connectivity index (χ1v) is 8.00. The number of nitrogens with zero attached hydrogens (tertiary/aromatic N) is 3. The van der Waals surface area contributed by atoms with Gasteiger partial charge < -0.3 is 5.32 Å². The lowest BCUT2D eigenvalue weighted by Crippen LogP contribution is -2.08. The smallest absolute Gasteiger partial charge is 0.306 e. The van der Waals surface area contributed by atoms with Crippen molar-refractivity contribution in [2.75, 3.05) is 5.32 Å². The minimum Gasteiger partial charge on any atom is -0.322 e. The monoisotopic (exact) mass is 366 g/mol. The number of rotatable bonds is 6. The van der Waals surface area contributed by atoms with E-state index in [2.05, 4.69) is 10.4 Å². The summed E-state index contributed by atoms with van der Waals surface area (Å²) in [5, 5.41) is 17.4. The van der Waals surface area contributed by atoms with E-state index in [1.165, 1.54) is 12.1 Å². The number of hydrogen-bond donors (Lipinski definition) is 1. The van der Waals surface area contributed by atoms with Crippen molar-refractivity contribution >= 4 is 23.4 Å². The Labute approximate surface area is 153 Å². The molecular formula is C19H15FN4O3. The van der Waals surface area contributed by atoms with Crippen molar-refractivity contribution in [2.24, 2.45) is 0 Å². The summed E-state index contributed by atoms with van der Waals surface area (Å²) in [4.78, 5) is 21.8. The van der Waals surface area contributed by atoms with Crippen molar-refractivity contribution in [3.63, 3.8) is 0 Å². The van der Waals surface area contributed by atoms with Crippen molar-refractivity contribution < 1.29 is 14.1 Å². The summed E-state index contributed by atoms with van der Waals surface area (Å²) >= 11 is 0. The maximum atomic E-state index is 13.3. The molecule has 0 saturated heterocycles. The fraction of sp³-hybridized carbons (Fsp3) is 0.0526. The maximum Gasteiger partial charge on any atom is 0.306 e. The third-order valence-corrected chi connectivity index (χ3v) is 3.68. The van der Waals surface area contributed by atoms with E-state index in [0.29, 0.717) is 6.54 Å². The lowest BCUT2D eigenvalue weighted by atomic mass is 10.2. The number of anilines is 1. The first kappa shape index (κ1) is 18.0. The van der Waals surface area contributed by atoms with Crippen LogP contribution >= 0.6 is 0 Å². The zero-order valence-electron chi connectivity index (χ0n) is 14.1. The molecule has 8 heteroatoms. The molecular weight excluding hydrogens is 351 g/mol. The van der Waals surface area contributed by atoms with Crippen LogP contribution < -0.4 is 5.32 Å². The van der Waals surface area contributed by atoms with Crippen molar-refractivity contribution in [3.05, 3.63) is 94.1 Å². The molecule has 0 unspecified atom stereocenters. The van der Waals surface area contributed by atoms with Crippen LogP contribution in [0.15, 0.2) is 67.0 Å². The molecule has 2 aromatic carbocycles. The summed E-state index contributed by atoms with van der Waals surface area (Å²) in [7, 11) is 0. The van der Waals surface area contributed by atoms with Gasteiger partial charge in [0, 0.05) is 29.6 Å². The standard InChI is InChI=1S/C19H15FN4O3/c20-17-8-7-16(10-18(17)24(26)27)22-19(25)9-6-15-11-21-23(13-15)12-14-4-2-1-3-5-14/h1-11,13H,12H2,(H,22,25)/b9-6+. The van der Waals surface area contributed by atoms with Crippen molar-refractivity contribution in [2.45, 2.75) is 6.54 Å². The highest BCUT2D eigenvalue weighted by Gasteiger charge is 2.14. The highest BCUT2D eigenvalue weighted by molar-refractivity contribution is 6.02. The number of hydrogen-bond acceptors (Lipinski definition) is 4. The van der Waals surface area contributed by atoms with Gasteiger partial charge >= 0.3 is 5.69 Å². The largest absolute Gasteiger partial charge is 0.322 e. The van der Waals surface area contributed by atoms with Gasteiger partial charge in [0.05, 0.1) is 17.7 Å². The molecule has 0 radical (unpaired) electrons.